The lowest BCUT2D eigenvalue weighted by Gasteiger charge is -2.00. The summed E-state index contributed by atoms with van der Waals surface area (Å²) in [7, 11) is 0. The Morgan fingerprint density at radius 2 is 1.69 bits per heavy atom. The summed E-state index contributed by atoms with van der Waals surface area (Å²) in [5, 5.41) is 8.63. The van der Waals surface area contributed by atoms with Crippen molar-refractivity contribution in [3.63, 3.8) is 0 Å². The Labute approximate surface area is 149 Å². The topological polar surface area (TPSA) is 70.2 Å². The van der Waals surface area contributed by atoms with Crippen LogP contribution in [0, 0.1) is 0 Å². The highest BCUT2D eigenvalue weighted by atomic mass is 15.1. The normalized spacial score (nSPS) is 11.7. The molecule has 2 aromatic carbocycles. The standard InChI is InChI=1S/C21H15N5/c1-2-4-19-18(3-1)23-21(24-19)8-7-17-16-6-5-15(13-20(16)26-25-17)14-9-11-22-12-10-14/h1-13H,(H,23,24)(H,25,26). The summed E-state index contributed by atoms with van der Waals surface area (Å²) in [6, 6.07) is 18.3. The Morgan fingerprint density at radius 1 is 0.808 bits per heavy atom. The maximum absolute atomic E-state index is 4.56. The Bertz CT molecular complexity index is 1200. The van der Waals surface area contributed by atoms with Gasteiger partial charge in [-0.3, -0.25) is 10.1 Å². The van der Waals surface area contributed by atoms with Crippen molar-refractivity contribution in [2.75, 3.05) is 0 Å². The number of hydrogen-bond acceptors (Lipinski definition) is 3. The molecule has 0 aliphatic heterocycles. The summed E-state index contributed by atoms with van der Waals surface area (Å²) >= 11 is 0. The third-order valence-electron chi connectivity index (χ3n) is 4.41. The van der Waals surface area contributed by atoms with Gasteiger partial charge >= 0.3 is 0 Å². The van der Waals surface area contributed by atoms with Gasteiger partial charge in [-0.25, -0.2) is 4.98 Å². The van der Waals surface area contributed by atoms with Crippen molar-refractivity contribution in [2.24, 2.45) is 0 Å². The van der Waals surface area contributed by atoms with E-state index in [2.05, 4.69) is 43.3 Å². The summed E-state index contributed by atoms with van der Waals surface area (Å²) in [6.07, 6.45) is 7.52. The quantitative estimate of drug-likeness (QED) is 0.502. The van der Waals surface area contributed by atoms with Crippen LogP contribution in [0.4, 0.5) is 0 Å². The van der Waals surface area contributed by atoms with E-state index in [1.54, 1.807) is 12.4 Å². The van der Waals surface area contributed by atoms with Gasteiger partial charge in [0, 0.05) is 17.8 Å². The number of H-pyrrole nitrogens is 2. The van der Waals surface area contributed by atoms with E-state index >= 15 is 0 Å². The van der Waals surface area contributed by atoms with Crippen LogP contribution in [0.3, 0.4) is 0 Å². The molecule has 5 nitrogen and oxygen atoms in total. The van der Waals surface area contributed by atoms with Crippen LogP contribution in [-0.4, -0.2) is 25.1 Å². The van der Waals surface area contributed by atoms with Gasteiger partial charge in [-0.2, -0.15) is 5.10 Å². The lowest BCUT2D eigenvalue weighted by atomic mass is 10.0. The first kappa shape index (κ1) is 14.6. The second-order valence-corrected chi connectivity index (χ2v) is 6.08. The molecule has 0 saturated heterocycles. The minimum absolute atomic E-state index is 0.816. The highest BCUT2D eigenvalue weighted by molar-refractivity contribution is 5.92. The van der Waals surface area contributed by atoms with Gasteiger partial charge in [-0.1, -0.05) is 18.2 Å². The molecule has 0 fully saturated rings. The number of benzene rings is 2. The van der Waals surface area contributed by atoms with Gasteiger partial charge in [-0.05, 0) is 59.7 Å². The maximum atomic E-state index is 4.56. The van der Waals surface area contributed by atoms with Crippen molar-refractivity contribution < 1.29 is 0 Å². The predicted molar refractivity (Wildman–Crippen MR) is 104 cm³/mol. The second-order valence-electron chi connectivity index (χ2n) is 6.08. The molecule has 5 heteroatoms. The van der Waals surface area contributed by atoms with Gasteiger partial charge in [0.2, 0.25) is 0 Å². The minimum Gasteiger partial charge on any atom is -0.338 e. The van der Waals surface area contributed by atoms with Crippen LogP contribution in [0.25, 0.3) is 45.2 Å². The monoisotopic (exact) mass is 337 g/mol. The maximum Gasteiger partial charge on any atom is 0.131 e. The van der Waals surface area contributed by atoms with Gasteiger partial charge < -0.3 is 4.98 Å². The molecular weight excluding hydrogens is 322 g/mol. The van der Waals surface area contributed by atoms with E-state index in [9.17, 15) is 0 Å². The number of hydrogen-bond donors (Lipinski definition) is 2. The molecule has 0 radical (unpaired) electrons. The summed E-state index contributed by atoms with van der Waals surface area (Å²) in [5.74, 6) is 0.816. The van der Waals surface area contributed by atoms with E-state index in [0.717, 1.165) is 44.6 Å². The third kappa shape index (κ3) is 2.56. The highest BCUT2D eigenvalue weighted by Gasteiger charge is 2.06. The number of para-hydroxylation sites is 2. The summed E-state index contributed by atoms with van der Waals surface area (Å²) in [5.41, 5.74) is 6.15. The third-order valence-corrected chi connectivity index (χ3v) is 4.41. The number of pyridine rings is 1. The van der Waals surface area contributed by atoms with E-state index in [1.165, 1.54) is 0 Å². The van der Waals surface area contributed by atoms with Gasteiger partial charge in [-0.15, -0.1) is 0 Å². The zero-order valence-corrected chi connectivity index (χ0v) is 13.8. The molecule has 26 heavy (non-hydrogen) atoms. The Balaban J connectivity index is 1.49. The summed E-state index contributed by atoms with van der Waals surface area (Å²) < 4.78 is 0. The molecule has 0 spiro atoms. The molecule has 3 aromatic heterocycles. The van der Waals surface area contributed by atoms with Gasteiger partial charge in [0.05, 0.1) is 22.2 Å². The molecule has 0 bridgehead atoms. The molecule has 0 saturated carbocycles. The fraction of sp³-hybridized carbons (Fsp3) is 0. The Kier molecular flexibility index (Phi) is 3.35. The van der Waals surface area contributed by atoms with Crippen LogP contribution in [-0.2, 0) is 0 Å². The Hall–Kier alpha value is -3.73. The van der Waals surface area contributed by atoms with Crippen LogP contribution in [0.5, 0.6) is 0 Å². The molecular formula is C21H15N5. The fourth-order valence-electron chi connectivity index (χ4n) is 3.10. The van der Waals surface area contributed by atoms with Crippen molar-refractivity contribution >= 4 is 34.1 Å². The average molecular weight is 337 g/mol. The van der Waals surface area contributed by atoms with E-state index < -0.39 is 0 Å². The zero-order valence-electron chi connectivity index (χ0n) is 13.8. The van der Waals surface area contributed by atoms with Gasteiger partial charge in [0.25, 0.3) is 0 Å². The fourth-order valence-corrected chi connectivity index (χ4v) is 3.10. The number of nitrogens with one attached hydrogen (secondary N) is 2. The molecule has 5 rings (SSSR count). The van der Waals surface area contributed by atoms with Crippen molar-refractivity contribution in [3.05, 3.63) is 78.5 Å². The predicted octanol–water partition coefficient (Wildman–Crippen LogP) is 4.67. The molecule has 2 N–H and O–H groups in total. The van der Waals surface area contributed by atoms with Crippen LogP contribution >= 0.6 is 0 Å². The Morgan fingerprint density at radius 3 is 2.58 bits per heavy atom. The van der Waals surface area contributed by atoms with E-state index in [-0.39, 0.29) is 0 Å². The van der Waals surface area contributed by atoms with Gasteiger partial charge in [0.1, 0.15) is 5.82 Å². The number of nitrogens with zero attached hydrogens (tertiary/aromatic N) is 3. The lowest BCUT2D eigenvalue weighted by Crippen LogP contribution is -1.79. The van der Waals surface area contributed by atoms with Crippen molar-refractivity contribution in [1.29, 1.82) is 0 Å². The molecule has 0 aliphatic rings. The van der Waals surface area contributed by atoms with E-state index in [1.807, 2.05) is 48.6 Å². The zero-order chi connectivity index (χ0) is 17.3. The van der Waals surface area contributed by atoms with Crippen LogP contribution in [0.1, 0.15) is 11.5 Å². The highest BCUT2D eigenvalue weighted by Crippen LogP contribution is 2.25. The van der Waals surface area contributed by atoms with Gasteiger partial charge in [0.15, 0.2) is 0 Å². The van der Waals surface area contributed by atoms with Crippen molar-refractivity contribution in [3.8, 4) is 11.1 Å². The molecule has 5 aromatic rings. The van der Waals surface area contributed by atoms with E-state index in [0.29, 0.717) is 0 Å². The number of aromatic amines is 2. The summed E-state index contributed by atoms with van der Waals surface area (Å²) in [4.78, 5) is 11.9. The smallest absolute Gasteiger partial charge is 0.131 e. The molecule has 0 aliphatic carbocycles. The molecule has 0 amide bonds. The van der Waals surface area contributed by atoms with Crippen LogP contribution < -0.4 is 0 Å². The number of imidazole rings is 1. The molecule has 3 heterocycles. The molecule has 0 atom stereocenters. The van der Waals surface area contributed by atoms with Crippen LogP contribution in [0.15, 0.2) is 67.0 Å². The second kappa shape index (κ2) is 5.97. The number of aromatic nitrogens is 5. The largest absolute Gasteiger partial charge is 0.338 e. The first-order valence-electron chi connectivity index (χ1n) is 8.38. The number of rotatable bonds is 3. The molecule has 0 unspecified atom stereocenters. The minimum atomic E-state index is 0.816. The first-order chi connectivity index (χ1) is 12.9. The molecule has 124 valence electrons. The SMILES string of the molecule is C(=Cc1n[nH]c2cc(-c3ccncc3)ccc12)c1nc2ccccc2[nH]1. The summed E-state index contributed by atoms with van der Waals surface area (Å²) in [6.45, 7) is 0. The van der Waals surface area contributed by atoms with E-state index in [4.69, 9.17) is 0 Å². The van der Waals surface area contributed by atoms with Crippen molar-refractivity contribution in [1.82, 2.24) is 25.1 Å². The lowest BCUT2D eigenvalue weighted by molar-refractivity contribution is 1.11. The number of fused-ring (bicyclic) bond motifs is 2. The average Bonchev–Trinajstić information content (AvgIpc) is 3.30. The first-order valence-corrected chi connectivity index (χ1v) is 8.38. The van der Waals surface area contributed by atoms with Crippen LogP contribution in [0.2, 0.25) is 0 Å². The van der Waals surface area contributed by atoms with Crippen molar-refractivity contribution in [2.45, 2.75) is 0 Å².